The smallest absolute Gasteiger partial charge is 0.0771 e. The maximum Gasteiger partial charge on any atom is 0.0771 e. The van der Waals surface area contributed by atoms with Gasteiger partial charge in [0.1, 0.15) is 0 Å². The average molecular weight is 245 g/mol. The number of fused-ring (bicyclic) bond motifs is 1. The van der Waals surface area contributed by atoms with Crippen LogP contribution in [-0.2, 0) is 0 Å². The van der Waals surface area contributed by atoms with Gasteiger partial charge in [0, 0.05) is 18.0 Å². The molecule has 1 atom stereocenters. The molecule has 0 amide bonds. The van der Waals surface area contributed by atoms with Crippen LogP contribution in [0.2, 0.25) is 0 Å². The highest BCUT2D eigenvalue weighted by atomic mass is 16.3. The van der Waals surface area contributed by atoms with Crippen molar-refractivity contribution in [3.8, 4) is 0 Å². The number of nitrogens with one attached hydrogen (secondary N) is 2. The van der Waals surface area contributed by atoms with E-state index < -0.39 is 5.60 Å². The molecule has 3 rings (SSSR count). The van der Waals surface area contributed by atoms with Crippen molar-refractivity contribution >= 4 is 10.9 Å². The Hall–Kier alpha value is -1.39. The number of H-pyrrole nitrogens is 1. The van der Waals surface area contributed by atoms with Gasteiger partial charge in [0.25, 0.3) is 0 Å². The molecule has 0 radical (unpaired) electrons. The average Bonchev–Trinajstić information content (AvgIpc) is 2.80. The van der Waals surface area contributed by atoms with E-state index in [1.165, 1.54) is 5.56 Å². The predicted octanol–water partition coefficient (Wildman–Crippen LogP) is 2.13. The van der Waals surface area contributed by atoms with E-state index in [1.54, 1.807) is 0 Å². The van der Waals surface area contributed by atoms with E-state index in [4.69, 9.17) is 0 Å². The summed E-state index contributed by atoms with van der Waals surface area (Å²) in [6, 6.07) is 6.53. The molecule has 1 heterocycles. The summed E-state index contributed by atoms with van der Waals surface area (Å²) < 4.78 is 0. The number of hydrogen-bond donors (Lipinski definition) is 3. The highest BCUT2D eigenvalue weighted by Crippen LogP contribution is 2.31. The first-order valence-electron chi connectivity index (χ1n) is 6.55. The molecule has 0 spiro atoms. The van der Waals surface area contributed by atoms with Crippen LogP contribution < -0.4 is 5.32 Å². The topological polar surface area (TPSA) is 60.9 Å². The Kier molecular flexibility index (Phi) is 2.84. The van der Waals surface area contributed by atoms with Crippen molar-refractivity contribution in [3.05, 3.63) is 30.0 Å². The molecule has 1 aromatic carbocycles. The van der Waals surface area contributed by atoms with Crippen molar-refractivity contribution in [2.24, 2.45) is 0 Å². The second-order valence-corrected chi connectivity index (χ2v) is 5.40. The van der Waals surface area contributed by atoms with Gasteiger partial charge in [-0.15, -0.1) is 0 Å². The zero-order valence-corrected chi connectivity index (χ0v) is 10.6. The second kappa shape index (κ2) is 4.37. The van der Waals surface area contributed by atoms with Crippen molar-refractivity contribution in [3.63, 3.8) is 0 Å². The summed E-state index contributed by atoms with van der Waals surface area (Å²) in [4.78, 5) is 0. The van der Waals surface area contributed by atoms with Gasteiger partial charge in [-0.2, -0.15) is 5.10 Å². The molecule has 1 aliphatic carbocycles. The quantitative estimate of drug-likeness (QED) is 0.773. The van der Waals surface area contributed by atoms with Gasteiger partial charge in [-0.3, -0.25) is 5.10 Å². The normalized spacial score (nSPS) is 19.7. The lowest BCUT2D eigenvalue weighted by Crippen LogP contribution is -2.46. The minimum absolute atomic E-state index is 0.244. The molecule has 1 aliphatic rings. The Labute approximate surface area is 106 Å². The highest BCUT2D eigenvalue weighted by molar-refractivity contribution is 5.78. The minimum Gasteiger partial charge on any atom is -0.389 e. The summed E-state index contributed by atoms with van der Waals surface area (Å²) in [5.41, 5.74) is 1.82. The molecule has 0 aliphatic heterocycles. The third kappa shape index (κ3) is 2.13. The van der Waals surface area contributed by atoms with Gasteiger partial charge in [-0.1, -0.05) is 6.07 Å². The van der Waals surface area contributed by atoms with Crippen LogP contribution in [0.15, 0.2) is 24.4 Å². The molecule has 1 saturated carbocycles. The zero-order chi connectivity index (χ0) is 12.6. The van der Waals surface area contributed by atoms with Gasteiger partial charge in [0.15, 0.2) is 0 Å². The molecule has 0 saturated heterocycles. The fourth-order valence-corrected chi connectivity index (χ4v) is 2.45. The van der Waals surface area contributed by atoms with Gasteiger partial charge in [-0.25, -0.2) is 0 Å². The number of aliphatic hydroxyl groups is 1. The molecule has 0 bridgehead atoms. The summed E-state index contributed by atoms with van der Waals surface area (Å²) >= 11 is 0. The fourth-order valence-electron chi connectivity index (χ4n) is 2.45. The standard InChI is InChI=1S/C14H19N3O/c1-10(15-9-14(18)5-2-6-14)11-3-4-13-12(7-11)8-16-17-13/h3-4,7-8,10,15,18H,2,5-6,9H2,1H3,(H,16,17). The number of nitrogens with zero attached hydrogens (tertiary/aromatic N) is 1. The van der Waals surface area contributed by atoms with Crippen molar-refractivity contribution in [1.29, 1.82) is 0 Å². The largest absolute Gasteiger partial charge is 0.389 e. The molecule has 3 N–H and O–H groups in total. The van der Waals surface area contributed by atoms with E-state index in [1.807, 2.05) is 12.3 Å². The Bertz CT molecular complexity index is 545. The van der Waals surface area contributed by atoms with Gasteiger partial charge < -0.3 is 10.4 Å². The van der Waals surface area contributed by atoms with Crippen molar-refractivity contribution < 1.29 is 5.11 Å². The maximum absolute atomic E-state index is 10.1. The van der Waals surface area contributed by atoms with Crippen LogP contribution in [0.3, 0.4) is 0 Å². The van der Waals surface area contributed by atoms with Crippen LogP contribution in [0.25, 0.3) is 10.9 Å². The van der Waals surface area contributed by atoms with E-state index in [0.29, 0.717) is 6.54 Å². The minimum atomic E-state index is -0.464. The Morgan fingerprint density at radius 3 is 3.06 bits per heavy atom. The molecule has 4 nitrogen and oxygen atoms in total. The summed E-state index contributed by atoms with van der Waals surface area (Å²) in [5.74, 6) is 0. The Balaban J connectivity index is 1.69. The van der Waals surface area contributed by atoms with Gasteiger partial charge in [0.05, 0.1) is 17.3 Å². The van der Waals surface area contributed by atoms with Crippen molar-refractivity contribution in [2.45, 2.75) is 37.8 Å². The molecule has 18 heavy (non-hydrogen) atoms. The number of aromatic amines is 1. The molecular weight excluding hydrogens is 226 g/mol. The van der Waals surface area contributed by atoms with Gasteiger partial charge in [0.2, 0.25) is 0 Å². The third-order valence-corrected chi connectivity index (χ3v) is 3.99. The molecular formula is C14H19N3O. The van der Waals surface area contributed by atoms with Crippen LogP contribution in [0, 0.1) is 0 Å². The van der Waals surface area contributed by atoms with Gasteiger partial charge >= 0.3 is 0 Å². The Morgan fingerprint density at radius 2 is 2.33 bits per heavy atom. The maximum atomic E-state index is 10.1. The van der Waals surface area contributed by atoms with Crippen LogP contribution in [0.1, 0.15) is 37.8 Å². The third-order valence-electron chi connectivity index (χ3n) is 3.99. The van der Waals surface area contributed by atoms with Crippen LogP contribution in [0.5, 0.6) is 0 Å². The number of rotatable bonds is 4. The summed E-state index contributed by atoms with van der Waals surface area (Å²) in [6.07, 6.45) is 4.83. The summed E-state index contributed by atoms with van der Waals surface area (Å²) in [5, 5.41) is 21.6. The van der Waals surface area contributed by atoms with E-state index >= 15 is 0 Å². The van der Waals surface area contributed by atoms with E-state index in [2.05, 4.69) is 34.6 Å². The molecule has 2 aromatic rings. The number of hydrogen-bond acceptors (Lipinski definition) is 3. The van der Waals surface area contributed by atoms with E-state index in [9.17, 15) is 5.11 Å². The summed E-state index contributed by atoms with van der Waals surface area (Å²) in [6.45, 7) is 2.81. The first-order chi connectivity index (χ1) is 8.66. The van der Waals surface area contributed by atoms with Crippen molar-refractivity contribution in [2.75, 3.05) is 6.54 Å². The molecule has 4 heteroatoms. The number of benzene rings is 1. The highest BCUT2D eigenvalue weighted by Gasteiger charge is 2.34. The van der Waals surface area contributed by atoms with Crippen LogP contribution in [0.4, 0.5) is 0 Å². The first-order valence-corrected chi connectivity index (χ1v) is 6.55. The Morgan fingerprint density at radius 1 is 1.50 bits per heavy atom. The lowest BCUT2D eigenvalue weighted by molar-refractivity contribution is -0.0329. The number of aromatic nitrogens is 2. The molecule has 96 valence electrons. The summed E-state index contributed by atoms with van der Waals surface area (Å²) in [7, 11) is 0. The van der Waals surface area contributed by atoms with E-state index in [-0.39, 0.29) is 6.04 Å². The predicted molar refractivity (Wildman–Crippen MR) is 71.3 cm³/mol. The van der Waals surface area contributed by atoms with Crippen molar-refractivity contribution in [1.82, 2.24) is 15.5 Å². The second-order valence-electron chi connectivity index (χ2n) is 5.40. The van der Waals surface area contributed by atoms with Crippen LogP contribution >= 0.6 is 0 Å². The zero-order valence-electron chi connectivity index (χ0n) is 10.6. The van der Waals surface area contributed by atoms with E-state index in [0.717, 1.165) is 30.2 Å². The van der Waals surface area contributed by atoms with Gasteiger partial charge in [-0.05, 0) is 43.9 Å². The molecule has 1 unspecified atom stereocenters. The monoisotopic (exact) mass is 245 g/mol. The lowest BCUT2D eigenvalue weighted by Gasteiger charge is -2.37. The molecule has 1 aromatic heterocycles. The first kappa shape index (κ1) is 11.7. The lowest BCUT2D eigenvalue weighted by atomic mass is 9.80. The molecule has 1 fully saturated rings. The fraction of sp³-hybridized carbons (Fsp3) is 0.500. The van der Waals surface area contributed by atoms with Crippen LogP contribution in [-0.4, -0.2) is 27.4 Å². The SMILES string of the molecule is CC(NCC1(O)CCC1)c1ccc2[nH]ncc2c1.